The molecule has 0 aliphatic carbocycles. The quantitative estimate of drug-likeness (QED) is 0.653. The second-order valence-electron chi connectivity index (χ2n) is 6.67. The fourth-order valence-corrected chi connectivity index (χ4v) is 3.58. The Bertz CT molecular complexity index is 954. The summed E-state index contributed by atoms with van der Waals surface area (Å²) in [6.07, 6.45) is 0.633. The van der Waals surface area contributed by atoms with Crippen LogP contribution >= 0.6 is 0 Å². The standard InChI is InChI=1S/C19H21N3O4/c1-6-13-15(10(2)26-21-13)17-16(18(23)19(20)24)12-9-11(25-5)7-8-14(12)22(17,3)4/h7-9H,6H2,1-5H3,(H-,20,24)/p+1. The summed E-state index contributed by atoms with van der Waals surface area (Å²) in [6.45, 7) is 3.76. The van der Waals surface area contributed by atoms with Crippen molar-refractivity contribution in [2.45, 2.75) is 20.3 Å². The Balaban J connectivity index is 2.43. The van der Waals surface area contributed by atoms with Crippen molar-refractivity contribution in [1.29, 1.82) is 0 Å². The second-order valence-corrected chi connectivity index (χ2v) is 6.67. The monoisotopic (exact) mass is 356 g/mol. The van der Waals surface area contributed by atoms with E-state index in [1.165, 1.54) is 0 Å². The van der Waals surface area contributed by atoms with Gasteiger partial charge in [0.05, 0.1) is 32.5 Å². The minimum atomic E-state index is -1.000. The van der Waals surface area contributed by atoms with E-state index in [0.717, 1.165) is 16.9 Å². The maximum Gasteiger partial charge on any atom is 0.290 e. The lowest BCUT2D eigenvalue weighted by Gasteiger charge is -2.27. The number of methoxy groups -OCH3 is 1. The third-order valence-corrected chi connectivity index (χ3v) is 4.83. The zero-order valence-corrected chi connectivity index (χ0v) is 15.5. The van der Waals surface area contributed by atoms with E-state index in [1.54, 1.807) is 20.1 Å². The number of aryl methyl sites for hydroxylation is 2. The maximum absolute atomic E-state index is 12.8. The van der Waals surface area contributed by atoms with Gasteiger partial charge in [-0.1, -0.05) is 12.1 Å². The van der Waals surface area contributed by atoms with Crippen LogP contribution in [-0.2, 0) is 16.0 Å². The van der Waals surface area contributed by atoms with Crippen LogP contribution in [0.5, 0.6) is 5.75 Å². The Hall–Kier alpha value is -2.93. The van der Waals surface area contributed by atoms with Gasteiger partial charge in [0.15, 0.2) is 5.70 Å². The van der Waals surface area contributed by atoms with Crippen molar-refractivity contribution in [1.82, 2.24) is 9.64 Å². The minimum Gasteiger partial charge on any atom is -0.497 e. The van der Waals surface area contributed by atoms with Crippen LogP contribution in [0.3, 0.4) is 0 Å². The van der Waals surface area contributed by atoms with Crippen LogP contribution in [0.15, 0.2) is 22.7 Å². The molecule has 2 N–H and O–H groups in total. The molecule has 26 heavy (non-hydrogen) atoms. The molecule has 0 saturated carbocycles. The molecule has 1 aliphatic rings. The van der Waals surface area contributed by atoms with Crippen molar-refractivity contribution in [3.63, 3.8) is 0 Å². The first-order chi connectivity index (χ1) is 12.2. The van der Waals surface area contributed by atoms with Crippen LogP contribution in [0.1, 0.15) is 29.5 Å². The average Bonchev–Trinajstić information content (AvgIpc) is 3.07. The first kappa shape index (κ1) is 17.9. The van der Waals surface area contributed by atoms with E-state index in [-0.39, 0.29) is 10.1 Å². The molecule has 1 aliphatic heterocycles. The summed E-state index contributed by atoms with van der Waals surface area (Å²) < 4.78 is 10.9. The number of quaternary nitrogens is 1. The zero-order chi connectivity index (χ0) is 19.2. The SMILES string of the molecule is CCc1noc(C)c1C1=C(C(=O)C(N)=O)c2cc(OC)ccc2[N+]1(C)C. The van der Waals surface area contributed by atoms with Gasteiger partial charge in [-0.25, -0.2) is 0 Å². The van der Waals surface area contributed by atoms with Gasteiger partial charge in [0, 0.05) is 6.07 Å². The summed E-state index contributed by atoms with van der Waals surface area (Å²) in [5.74, 6) is -0.545. The molecule has 0 spiro atoms. The van der Waals surface area contributed by atoms with E-state index in [1.807, 2.05) is 33.2 Å². The van der Waals surface area contributed by atoms with E-state index in [9.17, 15) is 9.59 Å². The number of carbonyl (C=O) groups excluding carboxylic acids is 2. The summed E-state index contributed by atoms with van der Waals surface area (Å²) in [5.41, 5.74) is 9.28. The molecule has 0 radical (unpaired) electrons. The smallest absolute Gasteiger partial charge is 0.290 e. The topological polar surface area (TPSA) is 95.4 Å². The molecule has 7 nitrogen and oxygen atoms in total. The lowest BCUT2D eigenvalue weighted by molar-refractivity contribution is -0.132. The van der Waals surface area contributed by atoms with Crippen molar-refractivity contribution in [3.8, 4) is 5.75 Å². The van der Waals surface area contributed by atoms with Crippen molar-refractivity contribution in [2.24, 2.45) is 5.73 Å². The summed E-state index contributed by atoms with van der Waals surface area (Å²) >= 11 is 0. The number of nitrogens with zero attached hydrogens (tertiary/aromatic N) is 2. The van der Waals surface area contributed by atoms with Gasteiger partial charge in [0.25, 0.3) is 11.7 Å². The molecule has 136 valence electrons. The number of carbonyl (C=O) groups is 2. The normalized spacial score (nSPS) is 15.1. The number of benzene rings is 1. The van der Waals surface area contributed by atoms with Gasteiger partial charge in [-0.3, -0.25) is 14.1 Å². The van der Waals surface area contributed by atoms with Gasteiger partial charge >= 0.3 is 0 Å². The van der Waals surface area contributed by atoms with Crippen LogP contribution in [-0.4, -0.2) is 38.1 Å². The third-order valence-electron chi connectivity index (χ3n) is 4.83. The molecule has 2 aromatic rings. The van der Waals surface area contributed by atoms with E-state index < -0.39 is 11.7 Å². The van der Waals surface area contributed by atoms with Gasteiger partial charge in [-0.05, 0) is 25.5 Å². The highest BCUT2D eigenvalue weighted by Gasteiger charge is 2.46. The summed E-state index contributed by atoms with van der Waals surface area (Å²) in [7, 11) is 5.46. The highest BCUT2D eigenvalue weighted by atomic mass is 16.5. The lowest BCUT2D eigenvalue weighted by atomic mass is 9.96. The van der Waals surface area contributed by atoms with Crippen molar-refractivity contribution < 1.29 is 18.8 Å². The highest BCUT2D eigenvalue weighted by Crippen LogP contribution is 2.50. The Labute approximate surface area is 151 Å². The van der Waals surface area contributed by atoms with Gasteiger partial charge in [0.2, 0.25) is 0 Å². The molecular formula is C19H22N3O4+. The third kappa shape index (κ3) is 2.43. The number of nitrogens with two attached hydrogens (primary N) is 1. The van der Waals surface area contributed by atoms with Crippen molar-refractivity contribution in [2.75, 3.05) is 21.2 Å². The summed E-state index contributed by atoms with van der Waals surface area (Å²) in [5, 5.41) is 4.11. The molecule has 0 atom stereocenters. The largest absolute Gasteiger partial charge is 0.497 e. The molecular weight excluding hydrogens is 334 g/mol. The van der Waals surface area contributed by atoms with Crippen molar-refractivity contribution in [3.05, 3.63) is 40.8 Å². The number of ketones is 1. The fraction of sp³-hybridized carbons (Fsp3) is 0.316. The summed E-state index contributed by atoms with van der Waals surface area (Å²) in [4.78, 5) is 24.6. The number of rotatable bonds is 5. The van der Waals surface area contributed by atoms with Crippen molar-refractivity contribution >= 4 is 28.6 Å². The zero-order valence-electron chi connectivity index (χ0n) is 15.5. The number of amides is 1. The molecule has 0 fully saturated rings. The Kier molecular flexibility index (Phi) is 4.20. The predicted molar refractivity (Wildman–Crippen MR) is 98.3 cm³/mol. The molecule has 3 rings (SSSR count). The molecule has 1 aromatic heterocycles. The van der Waals surface area contributed by atoms with Crippen LogP contribution in [0.2, 0.25) is 0 Å². The number of ether oxygens (including phenoxy) is 1. The molecule has 0 bridgehead atoms. The van der Waals surface area contributed by atoms with Crippen LogP contribution in [0, 0.1) is 6.92 Å². The number of Topliss-reactive ketones (excluding diaryl/α,β-unsaturated/α-hetero) is 1. The molecule has 7 heteroatoms. The number of hydrogen-bond acceptors (Lipinski definition) is 5. The molecule has 1 amide bonds. The Morgan fingerprint density at radius 1 is 1.31 bits per heavy atom. The first-order valence-corrected chi connectivity index (χ1v) is 8.31. The number of aromatic nitrogens is 1. The number of primary amides is 1. The van der Waals surface area contributed by atoms with Gasteiger partial charge < -0.3 is 15.0 Å². The van der Waals surface area contributed by atoms with Crippen LogP contribution < -0.4 is 15.0 Å². The molecule has 0 saturated heterocycles. The van der Waals surface area contributed by atoms with E-state index in [2.05, 4.69) is 5.16 Å². The average molecular weight is 356 g/mol. The van der Waals surface area contributed by atoms with E-state index >= 15 is 0 Å². The highest BCUT2D eigenvalue weighted by molar-refractivity contribution is 6.56. The molecule has 2 heterocycles. The molecule has 0 unspecified atom stereocenters. The van der Waals surface area contributed by atoms with Gasteiger partial charge in [-0.2, -0.15) is 0 Å². The van der Waals surface area contributed by atoms with Crippen LogP contribution in [0.25, 0.3) is 11.3 Å². The summed E-state index contributed by atoms with van der Waals surface area (Å²) in [6, 6.07) is 5.48. The maximum atomic E-state index is 12.8. The van der Waals surface area contributed by atoms with Gasteiger partial charge in [-0.15, -0.1) is 0 Å². The first-order valence-electron chi connectivity index (χ1n) is 8.31. The predicted octanol–water partition coefficient (Wildman–Crippen LogP) is 2.06. The Morgan fingerprint density at radius 2 is 2.00 bits per heavy atom. The lowest BCUT2D eigenvalue weighted by Crippen LogP contribution is -2.37. The number of fused-ring (bicyclic) bond motifs is 1. The molecule has 1 aromatic carbocycles. The number of hydrogen-bond donors (Lipinski definition) is 1. The van der Waals surface area contributed by atoms with E-state index in [4.69, 9.17) is 15.0 Å². The second kappa shape index (κ2) is 6.10. The van der Waals surface area contributed by atoms with E-state index in [0.29, 0.717) is 29.2 Å². The minimum absolute atomic E-state index is 0.267. The van der Waals surface area contributed by atoms with Gasteiger partial charge in [0.1, 0.15) is 28.3 Å². The Morgan fingerprint density at radius 3 is 2.58 bits per heavy atom. The fourth-order valence-electron chi connectivity index (χ4n) is 3.58. The van der Waals surface area contributed by atoms with Crippen LogP contribution in [0.4, 0.5) is 5.69 Å².